The lowest BCUT2D eigenvalue weighted by molar-refractivity contribution is -0.139. The second-order valence-corrected chi connectivity index (χ2v) is 7.32. The number of hydrogen-bond donors (Lipinski definition) is 2. The molecule has 0 bridgehead atoms. The lowest BCUT2D eigenvalue weighted by Crippen LogP contribution is -2.47. The fraction of sp³-hybridized carbons (Fsp3) is 0.273. The zero-order valence-electron chi connectivity index (χ0n) is 18.3. The molecule has 1 aliphatic heterocycles. The first-order valence-corrected chi connectivity index (χ1v) is 10.3. The molecule has 3 aromatic rings. The number of ether oxygens (including phenoxy) is 2. The second kappa shape index (κ2) is 9.07. The summed E-state index contributed by atoms with van der Waals surface area (Å²) >= 11 is 0. The molecule has 2 amide bonds. The molecule has 1 atom stereocenters. The molecule has 0 radical (unpaired) electrons. The molecule has 11 nitrogen and oxygen atoms in total. The van der Waals surface area contributed by atoms with E-state index in [0.29, 0.717) is 5.56 Å². The second-order valence-electron chi connectivity index (χ2n) is 7.32. The number of aromatic nitrogens is 4. The summed E-state index contributed by atoms with van der Waals surface area (Å²) in [4.78, 5) is 46.0. The fourth-order valence-corrected chi connectivity index (χ4v) is 3.53. The maximum Gasteiger partial charge on any atom is 0.378 e. The van der Waals surface area contributed by atoms with Gasteiger partial charge in [0.1, 0.15) is 6.61 Å². The Kier molecular flexibility index (Phi) is 6.03. The Morgan fingerprint density at radius 1 is 1.09 bits per heavy atom. The van der Waals surface area contributed by atoms with Gasteiger partial charge in [-0.25, -0.2) is 23.9 Å². The number of urea groups is 1. The van der Waals surface area contributed by atoms with Gasteiger partial charge < -0.3 is 20.1 Å². The number of hydrogen-bond acceptors (Lipinski definition) is 8. The number of nitrogens with one attached hydrogen (secondary N) is 2. The third-order valence-electron chi connectivity index (χ3n) is 4.93. The van der Waals surface area contributed by atoms with Gasteiger partial charge in [0.15, 0.2) is 0 Å². The highest BCUT2D eigenvalue weighted by molar-refractivity contribution is 5.95. The van der Waals surface area contributed by atoms with E-state index in [1.807, 2.05) is 26.0 Å². The summed E-state index contributed by atoms with van der Waals surface area (Å²) in [5.41, 5.74) is 2.44. The molecule has 0 fully saturated rings. The fourth-order valence-electron chi connectivity index (χ4n) is 3.53. The molecule has 1 aliphatic rings. The topological polar surface area (TPSA) is 137 Å². The summed E-state index contributed by atoms with van der Waals surface area (Å²) in [6, 6.07) is 9.45. The normalized spacial score (nSPS) is 15.7. The molecule has 0 saturated heterocycles. The maximum atomic E-state index is 12.8. The molecular formula is C22H22N6O5. The minimum absolute atomic E-state index is 0.119. The number of carbonyl (C=O) groups excluding carboxylic acids is 3. The van der Waals surface area contributed by atoms with E-state index in [9.17, 15) is 14.4 Å². The summed E-state index contributed by atoms with van der Waals surface area (Å²) < 4.78 is 12.0. The Morgan fingerprint density at radius 3 is 2.58 bits per heavy atom. The minimum Gasteiger partial charge on any atom is -0.463 e. The van der Waals surface area contributed by atoms with Crippen LogP contribution < -0.4 is 10.6 Å². The Morgan fingerprint density at radius 2 is 1.85 bits per heavy atom. The number of aryl methyl sites for hydroxylation is 2. The molecule has 33 heavy (non-hydrogen) atoms. The van der Waals surface area contributed by atoms with Crippen molar-refractivity contribution < 1.29 is 23.9 Å². The van der Waals surface area contributed by atoms with Gasteiger partial charge >= 0.3 is 18.0 Å². The Bertz CT molecular complexity index is 1270. The average Bonchev–Trinajstić information content (AvgIpc) is 3.22. The molecule has 4 rings (SSSR count). The lowest BCUT2D eigenvalue weighted by Gasteiger charge is -2.29. The standard InChI is InChI=1S/C22H22N6O5/c1-4-32-19(29)16-15(24-22(31)25-17(16)14-8-6-5-7-9-14)11-33-20(30)18-26-21-23-12(2)10-13(3)28(21)27-18/h5-10,17H,4,11H2,1-3H3,(H2,24,25,31)/t17-/m0/s1. The van der Waals surface area contributed by atoms with Crippen molar-refractivity contribution in [3.8, 4) is 0 Å². The van der Waals surface area contributed by atoms with Crippen LogP contribution in [0.4, 0.5) is 4.79 Å². The van der Waals surface area contributed by atoms with E-state index in [2.05, 4.69) is 25.7 Å². The Labute approximate surface area is 188 Å². The summed E-state index contributed by atoms with van der Waals surface area (Å²) in [5, 5.41) is 9.40. The van der Waals surface area contributed by atoms with Crippen LogP contribution in [0.3, 0.4) is 0 Å². The number of benzene rings is 1. The third kappa shape index (κ3) is 4.52. The van der Waals surface area contributed by atoms with Crippen molar-refractivity contribution in [3.63, 3.8) is 0 Å². The molecule has 2 aromatic heterocycles. The molecule has 0 saturated carbocycles. The SMILES string of the molecule is CCOC(=O)C1=C(COC(=O)c2nc3nc(C)cc(C)n3n2)NC(=O)N[C@H]1c1ccccc1. The highest BCUT2D eigenvalue weighted by Crippen LogP contribution is 2.27. The van der Waals surface area contributed by atoms with Crippen LogP contribution in [0, 0.1) is 13.8 Å². The van der Waals surface area contributed by atoms with E-state index >= 15 is 0 Å². The monoisotopic (exact) mass is 450 g/mol. The smallest absolute Gasteiger partial charge is 0.378 e. The molecule has 170 valence electrons. The van der Waals surface area contributed by atoms with E-state index in [1.165, 1.54) is 4.52 Å². The van der Waals surface area contributed by atoms with E-state index in [-0.39, 0.29) is 36.1 Å². The highest BCUT2D eigenvalue weighted by Gasteiger charge is 2.34. The van der Waals surface area contributed by atoms with Crippen LogP contribution in [-0.4, -0.2) is 50.8 Å². The Balaban J connectivity index is 1.63. The van der Waals surface area contributed by atoms with Crippen molar-refractivity contribution in [3.05, 3.63) is 70.4 Å². The molecule has 0 aliphatic carbocycles. The number of fused-ring (bicyclic) bond motifs is 1. The molecule has 11 heteroatoms. The Hall–Kier alpha value is -4.28. The average molecular weight is 450 g/mol. The minimum atomic E-state index is -0.822. The predicted octanol–water partition coefficient (Wildman–Crippen LogP) is 1.77. The quantitative estimate of drug-likeness (QED) is 0.542. The maximum absolute atomic E-state index is 12.8. The molecule has 3 heterocycles. The van der Waals surface area contributed by atoms with Crippen LogP contribution in [-0.2, 0) is 14.3 Å². The molecule has 1 aromatic carbocycles. The van der Waals surface area contributed by atoms with E-state index in [0.717, 1.165) is 11.4 Å². The first-order chi connectivity index (χ1) is 15.9. The van der Waals surface area contributed by atoms with Gasteiger partial charge in [0.25, 0.3) is 11.6 Å². The van der Waals surface area contributed by atoms with Crippen LogP contribution >= 0.6 is 0 Å². The molecular weight excluding hydrogens is 428 g/mol. The zero-order chi connectivity index (χ0) is 23.5. The third-order valence-corrected chi connectivity index (χ3v) is 4.93. The lowest BCUT2D eigenvalue weighted by atomic mass is 9.95. The first-order valence-electron chi connectivity index (χ1n) is 10.3. The van der Waals surface area contributed by atoms with Gasteiger partial charge in [-0.05, 0) is 32.4 Å². The van der Waals surface area contributed by atoms with Crippen molar-refractivity contribution >= 4 is 23.7 Å². The van der Waals surface area contributed by atoms with E-state index in [4.69, 9.17) is 9.47 Å². The summed E-state index contributed by atoms with van der Waals surface area (Å²) in [5.74, 6) is -1.37. The van der Waals surface area contributed by atoms with Crippen molar-refractivity contribution in [1.29, 1.82) is 0 Å². The van der Waals surface area contributed by atoms with E-state index in [1.54, 1.807) is 31.2 Å². The first kappa shape index (κ1) is 21.9. The molecule has 2 N–H and O–H groups in total. The number of amides is 2. The van der Waals surface area contributed by atoms with E-state index < -0.39 is 24.0 Å². The number of rotatable bonds is 6. The van der Waals surface area contributed by atoms with Gasteiger partial charge in [0, 0.05) is 11.4 Å². The van der Waals surface area contributed by atoms with Crippen LogP contribution in [0.1, 0.15) is 40.5 Å². The summed E-state index contributed by atoms with van der Waals surface area (Å²) in [7, 11) is 0. The number of esters is 2. The van der Waals surface area contributed by atoms with Crippen LogP contribution in [0.15, 0.2) is 47.7 Å². The van der Waals surface area contributed by atoms with Gasteiger partial charge in [0.05, 0.1) is 23.9 Å². The van der Waals surface area contributed by atoms with Crippen LogP contribution in [0.25, 0.3) is 5.78 Å². The van der Waals surface area contributed by atoms with Gasteiger partial charge in [0.2, 0.25) is 0 Å². The summed E-state index contributed by atoms with van der Waals surface area (Å²) in [6.45, 7) is 5.06. The molecule has 0 spiro atoms. The number of carbonyl (C=O) groups is 3. The predicted molar refractivity (Wildman–Crippen MR) is 115 cm³/mol. The summed E-state index contributed by atoms with van der Waals surface area (Å²) in [6.07, 6.45) is 0. The van der Waals surface area contributed by atoms with Crippen LogP contribution in [0.5, 0.6) is 0 Å². The van der Waals surface area contributed by atoms with Crippen LogP contribution in [0.2, 0.25) is 0 Å². The van der Waals surface area contributed by atoms with Crippen molar-refractivity contribution in [2.75, 3.05) is 13.2 Å². The van der Waals surface area contributed by atoms with Crippen molar-refractivity contribution in [1.82, 2.24) is 30.2 Å². The highest BCUT2D eigenvalue weighted by atomic mass is 16.5. The van der Waals surface area contributed by atoms with Gasteiger partial charge in [-0.2, -0.15) is 4.98 Å². The number of nitrogens with zero attached hydrogens (tertiary/aromatic N) is 4. The van der Waals surface area contributed by atoms with Gasteiger partial charge in [-0.1, -0.05) is 30.3 Å². The van der Waals surface area contributed by atoms with Gasteiger partial charge in [-0.3, -0.25) is 0 Å². The van der Waals surface area contributed by atoms with Crippen molar-refractivity contribution in [2.24, 2.45) is 0 Å². The zero-order valence-corrected chi connectivity index (χ0v) is 18.3. The van der Waals surface area contributed by atoms with Crippen molar-refractivity contribution in [2.45, 2.75) is 26.8 Å². The largest absolute Gasteiger partial charge is 0.463 e. The molecule has 0 unspecified atom stereocenters. The van der Waals surface area contributed by atoms with Gasteiger partial charge in [-0.15, -0.1) is 5.10 Å².